The van der Waals surface area contributed by atoms with Crippen LogP contribution < -0.4 is 5.32 Å². The van der Waals surface area contributed by atoms with E-state index in [9.17, 15) is 15.0 Å². The lowest BCUT2D eigenvalue weighted by Gasteiger charge is -2.41. The molecule has 8 heteroatoms. The number of aliphatic hydroxyl groups excluding tert-OH is 1. The number of hydrogen-bond acceptors (Lipinski definition) is 7. The highest BCUT2D eigenvalue weighted by atomic mass is 32.2. The topological polar surface area (TPSA) is 108 Å². The van der Waals surface area contributed by atoms with E-state index in [-0.39, 0.29) is 17.2 Å². The van der Waals surface area contributed by atoms with Crippen LogP contribution in [-0.2, 0) is 10.2 Å². The number of aliphatic hydroxyl groups is 1. The molecule has 7 nitrogen and oxygen atoms in total. The van der Waals surface area contributed by atoms with Gasteiger partial charge in [-0.2, -0.15) is 4.98 Å². The Kier molecular flexibility index (Phi) is 4.87. The largest absolute Gasteiger partial charge is 0.478 e. The Labute approximate surface area is 180 Å². The van der Waals surface area contributed by atoms with Crippen molar-refractivity contribution < 1.29 is 19.5 Å². The Bertz CT molecular complexity index is 942. The fraction of sp³-hybridized carbons (Fsp3) is 0.682. The number of aromatic nitrogens is 2. The van der Waals surface area contributed by atoms with E-state index in [1.807, 2.05) is 0 Å². The molecule has 4 aliphatic carbocycles. The molecule has 162 valence electrons. The first kappa shape index (κ1) is 20.3. The third-order valence-electron chi connectivity index (χ3n) is 7.68. The number of nitrogens with one attached hydrogen (secondary N) is 1. The zero-order valence-corrected chi connectivity index (χ0v) is 18.5. The van der Waals surface area contributed by atoms with Crippen LogP contribution in [0.25, 0.3) is 0 Å². The van der Waals surface area contributed by atoms with E-state index in [1.54, 1.807) is 11.8 Å². The normalized spacial score (nSPS) is 34.7. The quantitative estimate of drug-likeness (QED) is 0.586. The third-order valence-corrected chi connectivity index (χ3v) is 9.18. The number of thioether (sulfide) groups is 1. The predicted molar refractivity (Wildman–Crippen MR) is 113 cm³/mol. The summed E-state index contributed by atoms with van der Waals surface area (Å²) in [5.41, 5.74) is 1.69. The van der Waals surface area contributed by atoms with Gasteiger partial charge in [0.1, 0.15) is 6.23 Å². The highest BCUT2D eigenvalue weighted by molar-refractivity contribution is 8.04. The molecule has 0 saturated heterocycles. The zero-order chi connectivity index (χ0) is 21.2. The Morgan fingerprint density at radius 2 is 1.80 bits per heavy atom. The monoisotopic (exact) mass is 431 g/mol. The summed E-state index contributed by atoms with van der Waals surface area (Å²) < 4.78 is 5.70. The van der Waals surface area contributed by atoms with Gasteiger partial charge in [0.15, 0.2) is 5.82 Å². The van der Waals surface area contributed by atoms with Gasteiger partial charge in [-0.3, -0.25) is 5.32 Å². The molecule has 2 saturated carbocycles. The van der Waals surface area contributed by atoms with Gasteiger partial charge in [0.05, 0.1) is 10.8 Å². The van der Waals surface area contributed by atoms with Crippen molar-refractivity contribution in [1.82, 2.24) is 15.5 Å². The fourth-order valence-electron chi connectivity index (χ4n) is 5.42. The molecule has 5 aliphatic rings. The molecular formula is C22H29N3O4S. The Morgan fingerprint density at radius 1 is 1.17 bits per heavy atom. The van der Waals surface area contributed by atoms with E-state index in [0.717, 1.165) is 54.8 Å². The van der Waals surface area contributed by atoms with Crippen LogP contribution in [0.4, 0.5) is 0 Å². The van der Waals surface area contributed by atoms with Crippen LogP contribution >= 0.6 is 11.8 Å². The first-order valence-electron chi connectivity index (χ1n) is 10.9. The van der Waals surface area contributed by atoms with Gasteiger partial charge in [-0.25, -0.2) is 4.79 Å². The molecule has 0 spiro atoms. The lowest BCUT2D eigenvalue weighted by atomic mass is 9.66. The number of aliphatic carboxylic acids is 1. The molecule has 1 aromatic rings. The number of rotatable bonds is 6. The standard InChI is InChI=1S/C22H29N3O4S/c1-10-11(2)30-21(22(10,3)20-23-17(25-29-20)14-8-9-14)24-18(26)15-12-4-6-13(7-5-12)16(15)19(27)28/h12-14,18,21,24,26H,4-9H2,1-3H3,(H,27,28). The average molecular weight is 432 g/mol. The SMILES string of the molecule is CC1=C(C)C(C)(c2nc(C3CC3)no2)C(NC(O)C2=C(C(=O)O)C3CCC2CC3)S1. The predicted octanol–water partition coefficient (Wildman–Crippen LogP) is 3.68. The molecule has 0 radical (unpaired) electrons. The van der Waals surface area contributed by atoms with E-state index < -0.39 is 17.6 Å². The number of allylic oxidation sites excluding steroid dienone is 1. The second-order valence-corrected chi connectivity index (χ2v) is 10.7. The second-order valence-electron chi connectivity index (χ2n) is 9.41. The third kappa shape index (κ3) is 3.07. The smallest absolute Gasteiger partial charge is 0.331 e. The van der Waals surface area contributed by atoms with Gasteiger partial charge in [0, 0.05) is 11.5 Å². The molecule has 1 aromatic heterocycles. The molecule has 2 bridgehead atoms. The Morgan fingerprint density at radius 3 is 2.43 bits per heavy atom. The van der Waals surface area contributed by atoms with Crippen molar-refractivity contribution in [2.24, 2.45) is 11.8 Å². The number of carboxylic acid groups (broad SMARTS) is 1. The number of carboxylic acids is 1. The minimum Gasteiger partial charge on any atom is -0.478 e. The van der Waals surface area contributed by atoms with Crippen molar-refractivity contribution in [2.75, 3.05) is 0 Å². The van der Waals surface area contributed by atoms with Crippen LogP contribution in [0.15, 0.2) is 26.1 Å². The summed E-state index contributed by atoms with van der Waals surface area (Å²) in [4.78, 5) is 17.8. The summed E-state index contributed by atoms with van der Waals surface area (Å²) in [7, 11) is 0. The van der Waals surface area contributed by atoms with Crippen molar-refractivity contribution >= 4 is 17.7 Å². The number of fused-ring (bicyclic) bond motifs is 2. The maximum atomic E-state index is 12.0. The van der Waals surface area contributed by atoms with Gasteiger partial charge in [0.25, 0.3) is 0 Å². The molecule has 2 fully saturated rings. The lowest BCUT2D eigenvalue weighted by Crippen LogP contribution is -2.50. The van der Waals surface area contributed by atoms with E-state index in [4.69, 9.17) is 9.51 Å². The van der Waals surface area contributed by atoms with Crippen LogP contribution in [0.5, 0.6) is 0 Å². The van der Waals surface area contributed by atoms with Crippen molar-refractivity contribution in [2.45, 2.75) is 82.2 Å². The molecule has 3 N–H and O–H groups in total. The number of hydrogen-bond donors (Lipinski definition) is 3. The van der Waals surface area contributed by atoms with E-state index in [0.29, 0.717) is 23.0 Å². The van der Waals surface area contributed by atoms with Crippen molar-refractivity contribution in [3.05, 3.63) is 33.3 Å². The molecule has 6 rings (SSSR count). The molecule has 0 aromatic carbocycles. The van der Waals surface area contributed by atoms with Crippen LogP contribution in [0.3, 0.4) is 0 Å². The maximum Gasteiger partial charge on any atom is 0.331 e. The van der Waals surface area contributed by atoms with E-state index in [1.165, 1.54) is 0 Å². The molecule has 30 heavy (non-hydrogen) atoms. The van der Waals surface area contributed by atoms with Gasteiger partial charge < -0.3 is 14.7 Å². The summed E-state index contributed by atoms with van der Waals surface area (Å²) in [6.07, 6.45) is 4.94. The van der Waals surface area contributed by atoms with E-state index in [2.05, 4.69) is 31.2 Å². The van der Waals surface area contributed by atoms with Gasteiger partial charge >= 0.3 is 5.97 Å². The van der Waals surface area contributed by atoms with E-state index >= 15 is 0 Å². The molecule has 0 amide bonds. The minimum atomic E-state index is -0.995. The zero-order valence-electron chi connectivity index (χ0n) is 17.6. The Hall–Kier alpha value is -1.64. The molecular weight excluding hydrogens is 402 g/mol. The Balaban J connectivity index is 1.45. The van der Waals surface area contributed by atoms with Crippen LogP contribution in [0, 0.1) is 11.8 Å². The second kappa shape index (κ2) is 7.21. The average Bonchev–Trinajstić information content (AvgIpc) is 3.43. The van der Waals surface area contributed by atoms with Crippen LogP contribution in [0.2, 0.25) is 0 Å². The summed E-state index contributed by atoms with van der Waals surface area (Å²) in [6, 6.07) is 0. The van der Waals surface area contributed by atoms with Crippen LogP contribution in [0.1, 0.15) is 76.9 Å². The summed E-state index contributed by atoms with van der Waals surface area (Å²) >= 11 is 1.64. The highest BCUT2D eigenvalue weighted by Gasteiger charge is 2.50. The fourth-order valence-corrected chi connectivity index (χ4v) is 6.87. The summed E-state index contributed by atoms with van der Waals surface area (Å²) in [5, 5.41) is 28.4. The van der Waals surface area contributed by atoms with Crippen molar-refractivity contribution in [3.8, 4) is 0 Å². The maximum absolute atomic E-state index is 12.0. The highest BCUT2D eigenvalue weighted by Crippen LogP contribution is 2.52. The molecule has 1 aliphatic heterocycles. The number of nitrogens with zero attached hydrogens (tertiary/aromatic N) is 2. The van der Waals surface area contributed by atoms with Gasteiger partial charge in [-0.15, -0.1) is 11.8 Å². The van der Waals surface area contributed by atoms with Gasteiger partial charge in [-0.1, -0.05) is 5.16 Å². The molecule has 3 unspecified atom stereocenters. The number of carbonyl (C=O) groups is 1. The first-order valence-corrected chi connectivity index (χ1v) is 11.8. The molecule has 3 atom stereocenters. The van der Waals surface area contributed by atoms with Crippen molar-refractivity contribution in [1.29, 1.82) is 0 Å². The molecule has 2 heterocycles. The minimum absolute atomic E-state index is 0.0557. The van der Waals surface area contributed by atoms with Crippen LogP contribution in [-0.4, -0.2) is 37.9 Å². The summed E-state index contributed by atoms with van der Waals surface area (Å²) in [5.74, 6) is 1.05. The summed E-state index contributed by atoms with van der Waals surface area (Å²) in [6.45, 7) is 6.21. The van der Waals surface area contributed by atoms with Gasteiger partial charge in [-0.05, 0) is 87.2 Å². The van der Waals surface area contributed by atoms with Gasteiger partial charge in [0.2, 0.25) is 5.89 Å². The van der Waals surface area contributed by atoms with Crippen molar-refractivity contribution in [3.63, 3.8) is 0 Å². The lowest BCUT2D eigenvalue weighted by molar-refractivity contribution is -0.134. The first-order chi connectivity index (χ1) is 14.3.